The summed E-state index contributed by atoms with van der Waals surface area (Å²) in [4.78, 5) is 23.1. The molecule has 1 aliphatic heterocycles. The Balaban J connectivity index is 1.85. The Labute approximate surface area is 131 Å². The first-order valence-corrected chi connectivity index (χ1v) is 7.81. The van der Waals surface area contributed by atoms with Crippen LogP contribution in [-0.4, -0.2) is 31.4 Å². The molecule has 0 saturated carbocycles. The molecule has 120 valence electrons. The lowest BCUT2D eigenvalue weighted by atomic mass is 9.81. The van der Waals surface area contributed by atoms with Gasteiger partial charge in [0.15, 0.2) is 0 Å². The van der Waals surface area contributed by atoms with E-state index in [1.54, 1.807) is 12.1 Å². The van der Waals surface area contributed by atoms with Crippen molar-refractivity contribution in [2.24, 2.45) is 5.41 Å². The third-order valence-corrected chi connectivity index (χ3v) is 4.24. The maximum atomic E-state index is 12.2. The molecule has 0 spiro atoms. The fourth-order valence-electron chi connectivity index (χ4n) is 2.60. The van der Waals surface area contributed by atoms with Crippen LogP contribution in [0.1, 0.15) is 42.6 Å². The summed E-state index contributed by atoms with van der Waals surface area (Å²) in [6.45, 7) is 6.95. The maximum absolute atomic E-state index is 12.2. The van der Waals surface area contributed by atoms with Crippen LogP contribution in [0.25, 0.3) is 0 Å². The van der Waals surface area contributed by atoms with Crippen molar-refractivity contribution in [3.63, 3.8) is 0 Å². The fraction of sp³-hybridized carbons (Fsp3) is 0.529. The lowest BCUT2D eigenvalue weighted by Gasteiger charge is -2.34. The van der Waals surface area contributed by atoms with Gasteiger partial charge < -0.3 is 16.0 Å². The number of carbonyl (C=O) groups is 2. The van der Waals surface area contributed by atoms with Gasteiger partial charge in [-0.3, -0.25) is 9.59 Å². The number of carbonyl (C=O) groups excluding carboxylic acids is 2. The van der Waals surface area contributed by atoms with Crippen molar-refractivity contribution in [1.29, 1.82) is 0 Å². The van der Waals surface area contributed by atoms with E-state index in [9.17, 15) is 9.59 Å². The van der Waals surface area contributed by atoms with Crippen molar-refractivity contribution in [2.75, 3.05) is 19.6 Å². The van der Waals surface area contributed by atoms with E-state index in [0.717, 1.165) is 31.5 Å². The van der Waals surface area contributed by atoms with E-state index >= 15 is 0 Å². The summed E-state index contributed by atoms with van der Waals surface area (Å²) >= 11 is 0. The van der Waals surface area contributed by atoms with Crippen LogP contribution in [-0.2, 0) is 11.3 Å². The topological polar surface area (TPSA) is 70.2 Å². The molecule has 0 bridgehead atoms. The van der Waals surface area contributed by atoms with Crippen LogP contribution in [0.5, 0.6) is 0 Å². The van der Waals surface area contributed by atoms with Crippen molar-refractivity contribution in [2.45, 2.75) is 33.2 Å². The van der Waals surface area contributed by atoms with Crippen molar-refractivity contribution >= 4 is 11.8 Å². The number of hydrogen-bond acceptors (Lipinski definition) is 3. The molecule has 1 aromatic carbocycles. The summed E-state index contributed by atoms with van der Waals surface area (Å²) < 4.78 is 0. The molecular weight excluding hydrogens is 278 g/mol. The molecule has 0 atom stereocenters. The van der Waals surface area contributed by atoms with Gasteiger partial charge in [-0.2, -0.15) is 0 Å². The number of hydrogen-bond donors (Lipinski definition) is 3. The molecule has 1 aliphatic rings. The Kier molecular flexibility index (Phi) is 5.55. The van der Waals surface area contributed by atoms with E-state index in [1.165, 1.54) is 6.92 Å². The minimum Gasteiger partial charge on any atom is -0.352 e. The maximum Gasteiger partial charge on any atom is 0.251 e. The average molecular weight is 303 g/mol. The van der Waals surface area contributed by atoms with Crippen molar-refractivity contribution in [3.8, 4) is 0 Å². The van der Waals surface area contributed by atoms with Crippen LogP contribution in [0.2, 0.25) is 0 Å². The van der Waals surface area contributed by atoms with Crippen LogP contribution in [0.4, 0.5) is 0 Å². The Hall–Kier alpha value is -1.88. The highest BCUT2D eigenvalue weighted by molar-refractivity contribution is 5.94. The average Bonchev–Trinajstić information content (AvgIpc) is 2.52. The first kappa shape index (κ1) is 16.5. The van der Waals surface area contributed by atoms with Crippen LogP contribution in [0, 0.1) is 5.41 Å². The van der Waals surface area contributed by atoms with Gasteiger partial charge in [-0.1, -0.05) is 19.1 Å². The van der Waals surface area contributed by atoms with Crippen molar-refractivity contribution < 1.29 is 9.59 Å². The van der Waals surface area contributed by atoms with Crippen LogP contribution >= 0.6 is 0 Å². The molecule has 0 aliphatic carbocycles. The second-order valence-corrected chi connectivity index (χ2v) is 6.35. The predicted molar refractivity (Wildman–Crippen MR) is 86.5 cm³/mol. The monoisotopic (exact) mass is 303 g/mol. The number of benzene rings is 1. The number of amides is 2. The van der Waals surface area contributed by atoms with E-state index in [1.807, 2.05) is 12.1 Å². The van der Waals surface area contributed by atoms with Crippen molar-refractivity contribution in [1.82, 2.24) is 16.0 Å². The summed E-state index contributed by atoms with van der Waals surface area (Å²) in [6, 6.07) is 7.35. The van der Waals surface area contributed by atoms with Gasteiger partial charge in [0.25, 0.3) is 5.91 Å². The Bertz CT molecular complexity index is 519. The molecule has 1 heterocycles. The molecule has 5 heteroatoms. The van der Waals surface area contributed by atoms with Gasteiger partial charge in [-0.15, -0.1) is 0 Å². The lowest BCUT2D eigenvalue weighted by Crippen LogP contribution is -2.42. The normalized spacial score (nSPS) is 16.8. The number of rotatable bonds is 5. The summed E-state index contributed by atoms with van der Waals surface area (Å²) in [5.41, 5.74) is 1.83. The molecule has 1 saturated heterocycles. The highest BCUT2D eigenvalue weighted by Crippen LogP contribution is 2.26. The summed E-state index contributed by atoms with van der Waals surface area (Å²) in [5, 5.41) is 9.12. The van der Waals surface area contributed by atoms with E-state index in [4.69, 9.17) is 0 Å². The van der Waals surface area contributed by atoms with E-state index in [2.05, 4.69) is 22.9 Å². The summed E-state index contributed by atoms with van der Waals surface area (Å²) in [6.07, 6.45) is 2.17. The number of piperidine rings is 1. The van der Waals surface area contributed by atoms with Gasteiger partial charge >= 0.3 is 0 Å². The van der Waals surface area contributed by atoms with Crippen LogP contribution in [0.3, 0.4) is 0 Å². The fourth-order valence-corrected chi connectivity index (χ4v) is 2.60. The largest absolute Gasteiger partial charge is 0.352 e. The van der Waals surface area contributed by atoms with E-state index in [0.29, 0.717) is 18.7 Å². The van der Waals surface area contributed by atoms with Gasteiger partial charge in [0, 0.05) is 25.6 Å². The Morgan fingerprint density at radius 3 is 2.36 bits per heavy atom. The molecule has 2 rings (SSSR count). The molecule has 0 aromatic heterocycles. The zero-order valence-corrected chi connectivity index (χ0v) is 13.4. The van der Waals surface area contributed by atoms with Gasteiger partial charge in [-0.25, -0.2) is 0 Å². The summed E-state index contributed by atoms with van der Waals surface area (Å²) in [5.74, 6) is -0.0946. The standard InChI is InChI=1S/C17H25N3O2/c1-13(21)19-11-14-3-5-15(6-4-14)16(22)20-12-17(2)7-9-18-10-8-17/h3-6,18H,7-12H2,1-2H3,(H,19,21)(H,20,22). The highest BCUT2D eigenvalue weighted by Gasteiger charge is 2.27. The quantitative estimate of drug-likeness (QED) is 0.771. The van der Waals surface area contributed by atoms with Gasteiger partial charge in [0.05, 0.1) is 0 Å². The SMILES string of the molecule is CC(=O)NCc1ccc(C(=O)NCC2(C)CCNCC2)cc1. The smallest absolute Gasteiger partial charge is 0.251 e. The second kappa shape index (κ2) is 7.40. The third kappa shape index (κ3) is 4.84. The molecule has 3 N–H and O–H groups in total. The molecule has 22 heavy (non-hydrogen) atoms. The highest BCUT2D eigenvalue weighted by atomic mass is 16.2. The van der Waals surface area contributed by atoms with E-state index in [-0.39, 0.29) is 17.2 Å². The van der Waals surface area contributed by atoms with Crippen LogP contribution in [0.15, 0.2) is 24.3 Å². The van der Waals surface area contributed by atoms with Gasteiger partial charge in [-0.05, 0) is 49.0 Å². The Morgan fingerprint density at radius 2 is 1.77 bits per heavy atom. The molecule has 1 fully saturated rings. The second-order valence-electron chi connectivity index (χ2n) is 6.35. The lowest BCUT2D eigenvalue weighted by molar-refractivity contribution is -0.119. The molecule has 0 radical (unpaired) electrons. The molecular formula is C17H25N3O2. The summed E-state index contributed by atoms with van der Waals surface area (Å²) in [7, 11) is 0. The molecule has 2 amide bonds. The number of nitrogens with one attached hydrogen (secondary N) is 3. The minimum absolute atomic E-state index is 0.0363. The first-order valence-electron chi connectivity index (χ1n) is 7.81. The van der Waals surface area contributed by atoms with E-state index < -0.39 is 0 Å². The van der Waals surface area contributed by atoms with Gasteiger partial charge in [0.1, 0.15) is 0 Å². The molecule has 1 aromatic rings. The predicted octanol–water partition coefficient (Wildman–Crippen LogP) is 1.44. The Morgan fingerprint density at radius 1 is 1.14 bits per heavy atom. The minimum atomic E-state index is -0.0583. The van der Waals surface area contributed by atoms with Crippen molar-refractivity contribution in [3.05, 3.63) is 35.4 Å². The molecule has 5 nitrogen and oxygen atoms in total. The first-order chi connectivity index (χ1) is 10.5. The zero-order chi connectivity index (χ0) is 16.0. The molecule has 0 unspecified atom stereocenters. The zero-order valence-electron chi connectivity index (χ0n) is 13.4. The van der Waals surface area contributed by atoms with Crippen LogP contribution < -0.4 is 16.0 Å². The van der Waals surface area contributed by atoms with Gasteiger partial charge in [0.2, 0.25) is 5.91 Å². The third-order valence-electron chi connectivity index (χ3n) is 4.24.